The van der Waals surface area contributed by atoms with E-state index in [4.69, 9.17) is 5.73 Å². The second-order valence-electron chi connectivity index (χ2n) is 9.44. The summed E-state index contributed by atoms with van der Waals surface area (Å²) in [6, 6.07) is 0.0514. The van der Waals surface area contributed by atoms with Gasteiger partial charge in [0.05, 0.1) is 0 Å². The van der Waals surface area contributed by atoms with E-state index in [9.17, 15) is 14.4 Å². The Labute approximate surface area is 155 Å². The molecule has 3 N–H and O–H groups in total. The van der Waals surface area contributed by atoms with Crippen LogP contribution in [-0.4, -0.2) is 41.8 Å². The van der Waals surface area contributed by atoms with Gasteiger partial charge in [-0.05, 0) is 81.5 Å². The molecule has 1 atom stereocenters. The van der Waals surface area contributed by atoms with E-state index in [1.807, 2.05) is 0 Å². The number of nitrogens with zero attached hydrogens (tertiary/aromatic N) is 1. The number of rotatable bonds is 3. The molecule has 4 aliphatic carbocycles. The van der Waals surface area contributed by atoms with Crippen LogP contribution < -0.4 is 11.1 Å². The highest BCUT2D eigenvalue weighted by atomic mass is 16.2. The minimum atomic E-state index is -0.481. The van der Waals surface area contributed by atoms with Crippen molar-refractivity contribution < 1.29 is 14.4 Å². The SMILES string of the molecule is CC(NC(=O)C(=O)N1CCC(C(N)=O)CC1)C12CC3CC(CC(C3)C1)C2. The summed E-state index contributed by atoms with van der Waals surface area (Å²) in [6.45, 7) is 2.97. The maximum atomic E-state index is 12.6. The lowest BCUT2D eigenvalue weighted by atomic mass is 9.48. The number of hydrogen-bond donors (Lipinski definition) is 2. The van der Waals surface area contributed by atoms with Gasteiger partial charge in [-0.2, -0.15) is 0 Å². The average molecular weight is 361 g/mol. The Morgan fingerprint density at radius 2 is 1.50 bits per heavy atom. The molecule has 4 saturated carbocycles. The Morgan fingerprint density at radius 1 is 1.00 bits per heavy atom. The maximum absolute atomic E-state index is 12.6. The molecule has 0 aromatic carbocycles. The molecule has 5 rings (SSSR count). The molecule has 0 aromatic heterocycles. The number of nitrogens with one attached hydrogen (secondary N) is 1. The van der Waals surface area contributed by atoms with Crippen molar-refractivity contribution in [2.45, 2.75) is 64.3 Å². The molecular formula is C20H31N3O3. The first kappa shape index (κ1) is 17.8. The third kappa shape index (κ3) is 3.12. The third-order valence-electron chi connectivity index (χ3n) is 7.73. The van der Waals surface area contributed by atoms with Crippen LogP contribution >= 0.6 is 0 Å². The van der Waals surface area contributed by atoms with Crippen molar-refractivity contribution in [2.24, 2.45) is 34.8 Å². The number of hydrogen-bond acceptors (Lipinski definition) is 3. The Morgan fingerprint density at radius 3 is 1.96 bits per heavy atom. The first-order valence-corrected chi connectivity index (χ1v) is 10.3. The van der Waals surface area contributed by atoms with Crippen molar-refractivity contribution in [3.05, 3.63) is 0 Å². The van der Waals surface area contributed by atoms with Gasteiger partial charge in [-0.15, -0.1) is 0 Å². The topological polar surface area (TPSA) is 92.5 Å². The summed E-state index contributed by atoms with van der Waals surface area (Å²) >= 11 is 0. The van der Waals surface area contributed by atoms with Gasteiger partial charge in [-0.25, -0.2) is 0 Å². The van der Waals surface area contributed by atoms with Gasteiger partial charge in [-0.1, -0.05) is 0 Å². The zero-order chi connectivity index (χ0) is 18.5. The molecule has 6 nitrogen and oxygen atoms in total. The van der Waals surface area contributed by atoms with Gasteiger partial charge in [0.25, 0.3) is 0 Å². The summed E-state index contributed by atoms with van der Waals surface area (Å²) in [5.41, 5.74) is 5.53. The van der Waals surface area contributed by atoms with Crippen LogP contribution in [0.1, 0.15) is 58.3 Å². The van der Waals surface area contributed by atoms with E-state index in [1.54, 1.807) is 4.90 Å². The standard InChI is InChI=1S/C20H31N3O3/c1-12(20-9-13-6-14(10-20)8-15(7-13)11-20)22-18(25)19(26)23-4-2-16(3-5-23)17(21)24/h12-16H,2-11H2,1H3,(H2,21,24)(H,22,25). The summed E-state index contributed by atoms with van der Waals surface area (Å²) < 4.78 is 0. The molecule has 1 aliphatic heterocycles. The molecule has 0 radical (unpaired) electrons. The fourth-order valence-electron chi connectivity index (χ4n) is 6.63. The molecule has 5 fully saturated rings. The van der Waals surface area contributed by atoms with Gasteiger partial charge >= 0.3 is 11.8 Å². The monoisotopic (exact) mass is 361 g/mol. The van der Waals surface area contributed by atoms with E-state index < -0.39 is 11.8 Å². The molecule has 144 valence electrons. The summed E-state index contributed by atoms with van der Waals surface area (Å²) in [5.74, 6) is 1.05. The molecule has 4 bridgehead atoms. The van der Waals surface area contributed by atoms with Crippen molar-refractivity contribution in [2.75, 3.05) is 13.1 Å². The summed E-state index contributed by atoms with van der Waals surface area (Å²) in [4.78, 5) is 37.9. The van der Waals surface area contributed by atoms with Crippen LogP contribution in [0.3, 0.4) is 0 Å². The normalized spacial score (nSPS) is 37.4. The van der Waals surface area contributed by atoms with Gasteiger partial charge in [0.1, 0.15) is 0 Å². The zero-order valence-corrected chi connectivity index (χ0v) is 15.7. The quantitative estimate of drug-likeness (QED) is 0.745. The van der Waals surface area contributed by atoms with Crippen molar-refractivity contribution >= 4 is 17.7 Å². The van der Waals surface area contributed by atoms with Crippen LogP contribution in [0.4, 0.5) is 0 Å². The van der Waals surface area contributed by atoms with E-state index >= 15 is 0 Å². The second-order valence-corrected chi connectivity index (χ2v) is 9.44. The highest BCUT2D eigenvalue weighted by Crippen LogP contribution is 2.61. The number of amides is 3. The number of carbonyl (C=O) groups excluding carboxylic acids is 3. The number of primary amides is 1. The molecule has 0 aromatic rings. The Balaban J connectivity index is 1.34. The van der Waals surface area contributed by atoms with Crippen LogP contribution in [0.15, 0.2) is 0 Å². The lowest BCUT2D eigenvalue weighted by molar-refractivity contribution is -0.149. The predicted octanol–water partition coefficient (Wildman–Crippen LogP) is 1.43. The molecule has 1 unspecified atom stereocenters. The first-order chi connectivity index (χ1) is 12.4. The lowest BCUT2D eigenvalue weighted by Crippen LogP contribution is -2.58. The minimum absolute atomic E-state index is 0.0514. The van der Waals surface area contributed by atoms with Crippen molar-refractivity contribution in [3.8, 4) is 0 Å². The Kier molecular flexibility index (Phi) is 4.48. The largest absolute Gasteiger partial charge is 0.369 e. The average Bonchev–Trinajstić information content (AvgIpc) is 2.60. The third-order valence-corrected chi connectivity index (χ3v) is 7.73. The van der Waals surface area contributed by atoms with Crippen LogP contribution in [0, 0.1) is 29.1 Å². The fourth-order valence-corrected chi connectivity index (χ4v) is 6.63. The molecule has 3 amide bonds. The summed E-state index contributed by atoms with van der Waals surface area (Å²) in [7, 11) is 0. The van der Waals surface area contributed by atoms with Crippen LogP contribution in [-0.2, 0) is 14.4 Å². The number of carbonyl (C=O) groups is 3. The number of piperidine rings is 1. The van der Waals surface area contributed by atoms with Crippen LogP contribution in [0.5, 0.6) is 0 Å². The van der Waals surface area contributed by atoms with Gasteiger partial charge < -0.3 is 16.0 Å². The Bertz CT molecular complexity index is 574. The molecule has 6 heteroatoms. The summed E-state index contributed by atoms with van der Waals surface area (Å²) in [5, 5.41) is 3.05. The maximum Gasteiger partial charge on any atom is 0.311 e. The van der Waals surface area contributed by atoms with Crippen LogP contribution in [0.25, 0.3) is 0 Å². The molecular weight excluding hydrogens is 330 g/mol. The van der Waals surface area contributed by atoms with Crippen molar-refractivity contribution in [1.29, 1.82) is 0 Å². The molecule has 1 saturated heterocycles. The zero-order valence-electron chi connectivity index (χ0n) is 15.7. The van der Waals surface area contributed by atoms with Crippen molar-refractivity contribution in [1.82, 2.24) is 10.2 Å². The Hall–Kier alpha value is -1.59. The van der Waals surface area contributed by atoms with E-state index in [0.717, 1.165) is 17.8 Å². The highest BCUT2D eigenvalue weighted by molar-refractivity contribution is 6.35. The molecule has 5 aliphatic rings. The summed E-state index contributed by atoms with van der Waals surface area (Å²) in [6.07, 6.45) is 8.84. The van der Waals surface area contributed by atoms with Gasteiger partial charge in [0.15, 0.2) is 0 Å². The van der Waals surface area contributed by atoms with E-state index in [-0.39, 0.29) is 23.3 Å². The number of nitrogens with two attached hydrogens (primary N) is 1. The number of likely N-dealkylation sites (tertiary alicyclic amines) is 1. The first-order valence-electron chi connectivity index (χ1n) is 10.3. The molecule has 26 heavy (non-hydrogen) atoms. The fraction of sp³-hybridized carbons (Fsp3) is 0.850. The van der Waals surface area contributed by atoms with E-state index in [2.05, 4.69) is 12.2 Å². The molecule has 1 heterocycles. The minimum Gasteiger partial charge on any atom is -0.369 e. The highest BCUT2D eigenvalue weighted by Gasteiger charge is 2.53. The van der Waals surface area contributed by atoms with Crippen molar-refractivity contribution in [3.63, 3.8) is 0 Å². The van der Waals surface area contributed by atoms with Gasteiger partial charge in [-0.3, -0.25) is 14.4 Å². The van der Waals surface area contributed by atoms with E-state index in [0.29, 0.717) is 25.9 Å². The van der Waals surface area contributed by atoms with Gasteiger partial charge in [0, 0.05) is 25.0 Å². The van der Waals surface area contributed by atoms with Crippen LogP contribution in [0.2, 0.25) is 0 Å². The van der Waals surface area contributed by atoms with E-state index in [1.165, 1.54) is 38.5 Å². The lowest BCUT2D eigenvalue weighted by Gasteiger charge is -2.59. The predicted molar refractivity (Wildman–Crippen MR) is 96.7 cm³/mol. The second kappa shape index (κ2) is 6.54. The van der Waals surface area contributed by atoms with Gasteiger partial charge in [0.2, 0.25) is 5.91 Å². The molecule has 0 spiro atoms. The smallest absolute Gasteiger partial charge is 0.311 e.